The molecule has 0 saturated heterocycles. The molecule has 0 atom stereocenters. The van der Waals surface area contributed by atoms with E-state index in [0.29, 0.717) is 28.3 Å². The van der Waals surface area contributed by atoms with Crippen molar-refractivity contribution in [1.82, 2.24) is 5.32 Å². The molecule has 5 heteroatoms. The molecule has 0 heterocycles. The predicted molar refractivity (Wildman–Crippen MR) is 90.4 cm³/mol. The zero-order valence-corrected chi connectivity index (χ0v) is 14.2. The molecule has 0 bridgehead atoms. The van der Waals surface area contributed by atoms with Gasteiger partial charge in [-0.15, -0.1) is 0 Å². The minimum absolute atomic E-state index is 0.104. The van der Waals surface area contributed by atoms with Gasteiger partial charge in [-0.2, -0.15) is 0 Å². The zero-order chi connectivity index (χ0) is 17.0. The van der Waals surface area contributed by atoms with Crippen LogP contribution < -0.4 is 5.32 Å². The predicted octanol–water partition coefficient (Wildman–Crippen LogP) is 3.67. The Hall–Kier alpha value is -1.91. The minimum atomic E-state index is -1.09. The van der Waals surface area contributed by atoms with E-state index in [4.69, 9.17) is 16.3 Å². The summed E-state index contributed by atoms with van der Waals surface area (Å²) in [5, 5.41) is 3.41. The lowest BCUT2D eigenvalue weighted by Gasteiger charge is -2.38. The van der Waals surface area contributed by atoms with Crippen LogP contribution in [0.25, 0.3) is 0 Å². The molecule has 0 spiro atoms. The number of hydrogen-bond acceptors (Lipinski definition) is 3. The zero-order valence-electron chi connectivity index (χ0n) is 13.5. The van der Waals surface area contributed by atoms with Crippen LogP contribution in [0.1, 0.15) is 37.6 Å². The van der Waals surface area contributed by atoms with E-state index in [1.165, 1.54) is 12.2 Å². The van der Waals surface area contributed by atoms with Crippen LogP contribution in [0, 0.1) is 0 Å². The van der Waals surface area contributed by atoms with Gasteiger partial charge in [-0.1, -0.05) is 24.6 Å². The molecule has 0 aromatic heterocycles. The number of carbonyl (C=O) groups is 2. The largest absolute Gasteiger partial charge is 0.348 e. The molecule has 0 aliphatic heterocycles. The lowest BCUT2D eigenvalue weighted by atomic mass is 9.89. The molecule has 1 N–H and O–H groups in total. The molecule has 0 radical (unpaired) electrons. The quantitative estimate of drug-likeness (QED) is 0.836. The van der Waals surface area contributed by atoms with E-state index in [1.807, 2.05) is 6.92 Å². The maximum atomic E-state index is 12.6. The number of ether oxygens (including phenoxy) is 1. The Morgan fingerprint density at radius 2 is 1.91 bits per heavy atom. The molecular weight excluding hydrogens is 314 g/mol. The van der Waals surface area contributed by atoms with Crippen molar-refractivity contribution in [3.8, 4) is 0 Å². The van der Waals surface area contributed by atoms with Crippen LogP contribution in [0.4, 0.5) is 0 Å². The highest BCUT2D eigenvalue weighted by Crippen LogP contribution is 2.31. The Kier molecular flexibility index (Phi) is 5.39. The average Bonchev–Trinajstić information content (AvgIpc) is 2.49. The minimum Gasteiger partial charge on any atom is -0.348 e. The molecule has 23 heavy (non-hydrogen) atoms. The van der Waals surface area contributed by atoms with Crippen LogP contribution in [0.15, 0.2) is 47.6 Å². The average molecular weight is 334 g/mol. The smallest absolute Gasteiger partial charge is 0.254 e. The van der Waals surface area contributed by atoms with Gasteiger partial charge < -0.3 is 10.1 Å². The van der Waals surface area contributed by atoms with Crippen LogP contribution >= 0.6 is 11.6 Å². The number of hydrogen-bond donors (Lipinski definition) is 1. The second-order valence-corrected chi connectivity index (χ2v) is 5.99. The van der Waals surface area contributed by atoms with Crippen LogP contribution in [0.2, 0.25) is 5.02 Å². The van der Waals surface area contributed by atoms with Gasteiger partial charge in [0.05, 0.1) is 0 Å². The maximum Gasteiger partial charge on any atom is 0.254 e. The van der Waals surface area contributed by atoms with Crippen molar-refractivity contribution in [3.63, 3.8) is 0 Å². The number of halogens is 1. The van der Waals surface area contributed by atoms with Gasteiger partial charge in [0.25, 0.3) is 5.91 Å². The van der Waals surface area contributed by atoms with Crippen molar-refractivity contribution in [2.45, 2.75) is 32.9 Å². The van der Waals surface area contributed by atoms with E-state index in [0.717, 1.165) is 6.42 Å². The van der Waals surface area contributed by atoms with Gasteiger partial charge in [0.1, 0.15) is 0 Å². The Morgan fingerprint density at radius 3 is 2.48 bits per heavy atom. The van der Waals surface area contributed by atoms with Crippen molar-refractivity contribution in [2.24, 2.45) is 0 Å². The first-order valence-corrected chi connectivity index (χ1v) is 7.90. The summed E-state index contributed by atoms with van der Waals surface area (Å²) < 4.78 is 5.96. The molecular formula is C18H20ClNO3. The third-order valence-corrected chi connectivity index (χ3v) is 3.96. The Morgan fingerprint density at radius 1 is 1.26 bits per heavy atom. The number of carbonyl (C=O) groups excluding carboxylic acids is 2. The highest BCUT2D eigenvalue weighted by atomic mass is 35.5. The maximum absolute atomic E-state index is 12.6. The van der Waals surface area contributed by atoms with Gasteiger partial charge in [-0.25, -0.2) is 0 Å². The summed E-state index contributed by atoms with van der Waals surface area (Å²) in [6, 6.07) is 6.70. The summed E-state index contributed by atoms with van der Waals surface area (Å²) in [5.41, 5.74) is 0.663. The first-order chi connectivity index (χ1) is 10.9. The number of benzene rings is 1. The fourth-order valence-electron chi connectivity index (χ4n) is 2.56. The van der Waals surface area contributed by atoms with Crippen LogP contribution in [-0.4, -0.2) is 24.0 Å². The second-order valence-electron chi connectivity index (χ2n) is 5.55. The summed E-state index contributed by atoms with van der Waals surface area (Å²) in [7, 11) is 0. The summed E-state index contributed by atoms with van der Waals surface area (Å²) in [6.45, 7) is 6.00. The topological polar surface area (TPSA) is 55.4 Å². The highest BCUT2D eigenvalue weighted by Gasteiger charge is 2.39. The Labute approximate surface area is 141 Å². The molecule has 4 nitrogen and oxygen atoms in total. The van der Waals surface area contributed by atoms with Crippen molar-refractivity contribution in [1.29, 1.82) is 0 Å². The van der Waals surface area contributed by atoms with E-state index in [2.05, 4.69) is 5.32 Å². The molecule has 1 amide bonds. The van der Waals surface area contributed by atoms with Gasteiger partial charge in [0.15, 0.2) is 11.5 Å². The summed E-state index contributed by atoms with van der Waals surface area (Å²) in [6.07, 6.45) is 3.77. The third-order valence-electron chi connectivity index (χ3n) is 3.73. The van der Waals surface area contributed by atoms with Crippen LogP contribution in [0.5, 0.6) is 0 Å². The van der Waals surface area contributed by atoms with Crippen molar-refractivity contribution < 1.29 is 14.3 Å². The molecule has 1 aromatic rings. The van der Waals surface area contributed by atoms with E-state index in [1.54, 1.807) is 38.1 Å². The molecule has 1 aromatic carbocycles. The molecule has 0 fully saturated rings. The summed E-state index contributed by atoms with van der Waals surface area (Å²) in [5.74, 6) is -0.411. The lowest BCUT2D eigenvalue weighted by Crippen LogP contribution is -2.54. The number of ketones is 1. The lowest BCUT2D eigenvalue weighted by molar-refractivity contribution is -0.111. The molecule has 122 valence electrons. The van der Waals surface area contributed by atoms with Gasteiger partial charge in [0.2, 0.25) is 0 Å². The second kappa shape index (κ2) is 7.11. The van der Waals surface area contributed by atoms with E-state index in [-0.39, 0.29) is 11.7 Å². The molecule has 2 rings (SSSR count). The van der Waals surface area contributed by atoms with Crippen LogP contribution in [-0.2, 0) is 9.53 Å². The van der Waals surface area contributed by atoms with Gasteiger partial charge in [-0.3, -0.25) is 9.59 Å². The SMILES string of the molecule is CCCOC1(NC(=O)c2cccc(Cl)c2)C(C)=CC(=O)C=C1C. The normalized spacial score (nSPS) is 16.6. The Balaban J connectivity index is 2.36. The first-order valence-electron chi connectivity index (χ1n) is 7.52. The summed E-state index contributed by atoms with van der Waals surface area (Å²) >= 11 is 5.95. The van der Waals surface area contributed by atoms with Crippen LogP contribution in [0.3, 0.4) is 0 Å². The van der Waals surface area contributed by atoms with E-state index < -0.39 is 5.72 Å². The fourth-order valence-corrected chi connectivity index (χ4v) is 2.75. The van der Waals surface area contributed by atoms with Crippen molar-refractivity contribution in [2.75, 3.05) is 6.61 Å². The number of rotatable bonds is 5. The van der Waals surface area contributed by atoms with Gasteiger partial charge in [-0.05, 0) is 61.8 Å². The first kappa shape index (κ1) is 17.4. The molecule has 1 aliphatic carbocycles. The monoisotopic (exact) mass is 333 g/mol. The highest BCUT2D eigenvalue weighted by molar-refractivity contribution is 6.31. The number of allylic oxidation sites excluding steroid dienone is 2. The Bertz CT molecular complexity index is 669. The molecule has 0 saturated carbocycles. The fraction of sp³-hybridized carbons (Fsp3) is 0.333. The number of nitrogens with one attached hydrogen (secondary N) is 1. The van der Waals surface area contributed by atoms with E-state index >= 15 is 0 Å². The third kappa shape index (κ3) is 3.71. The molecule has 1 aliphatic rings. The molecule has 0 unspecified atom stereocenters. The van der Waals surface area contributed by atoms with Crippen molar-refractivity contribution >= 4 is 23.3 Å². The van der Waals surface area contributed by atoms with Gasteiger partial charge >= 0.3 is 0 Å². The van der Waals surface area contributed by atoms with E-state index in [9.17, 15) is 9.59 Å². The number of amides is 1. The van der Waals surface area contributed by atoms with Gasteiger partial charge in [0, 0.05) is 17.2 Å². The summed E-state index contributed by atoms with van der Waals surface area (Å²) in [4.78, 5) is 24.3. The van der Waals surface area contributed by atoms with Crippen molar-refractivity contribution in [3.05, 3.63) is 58.1 Å². The standard InChI is InChI=1S/C18H20ClNO3/c1-4-8-23-18(12(2)9-16(21)10-13(18)3)20-17(22)14-6-5-7-15(19)11-14/h5-7,9-11H,4,8H2,1-3H3,(H,20,22).